The highest BCUT2D eigenvalue weighted by atomic mass is 35.5. The van der Waals surface area contributed by atoms with Crippen LogP contribution >= 0.6 is 11.6 Å². The van der Waals surface area contributed by atoms with Crippen molar-refractivity contribution in [2.24, 2.45) is 5.16 Å². The molecular formula is C24H14ClNO6. The van der Waals surface area contributed by atoms with E-state index in [1.54, 1.807) is 60.7 Å². The van der Waals surface area contributed by atoms with Crippen molar-refractivity contribution in [3.63, 3.8) is 0 Å². The molecule has 0 aliphatic carbocycles. The van der Waals surface area contributed by atoms with Gasteiger partial charge >= 0.3 is 5.63 Å². The first-order valence-corrected chi connectivity index (χ1v) is 9.95. The lowest BCUT2D eigenvalue weighted by Crippen LogP contribution is -2.13. The van der Waals surface area contributed by atoms with Gasteiger partial charge in [0.15, 0.2) is 0 Å². The molecule has 0 aliphatic heterocycles. The van der Waals surface area contributed by atoms with Gasteiger partial charge in [0, 0.05) is 22.0 Å². The fourth-order valence-corrected chi connectivity index (χ4v) is 3.65. The number of oxime groups is 1. The molecule has 0 spiro atoms. The molecule has 2 heterocycles. The van der Waals surface area contributed by atoms with Gasteiger partial charge in [0.25, 0.3) is 0 Å². The molecule has 7 nitrogen and oxygen atoms in total. The van der Waals surface area contributed by atoms with Gasteiger partial charge < -0.3 is 18.8 Å². The van der Waals surface area contributed by atoms with Crippen LogP contribution in [-0.4, -0.2) is 17.5 Å². The molecular weight excluding hydrogens is 434 g/mol. The molecule has 0 saturated carbocycles. The van der Waals surface area contributed by atoms with Crippen molar-refractivity contribution >= 4 is 50.2 Å². The van der Waals surface area contributed by atoms with Crippen molar-refractivity contribution in [2.45, 2.75) is 0 Å². The van der Waals surface area contributed by atoms with E-state index < -0.39 is 5.63 Å². The highest BCUT2D eigenvalue weighted by Gasteiger charge is 2.16. The van der Waals surface area contributed by atoms with E-state index in [0.29, 0.717) is 32.7 Å². The number of para-hydroxylation sites is 1. The first-order valence-electron chi connectivity index (χ1n) is 9.57. The summed E-state index contributed by atoms with van der Waals surface area (Å²) in [5, 5.41) is 14.2. The lowest BCUT2D eigenvalue weighted by Gasteiger charge is -2.09. The Kier molecular flexibility index (Phi) is 4.88. The molecule has 0 radical (unpaired) electrons. The fourth-order valence-electron chi connectivity index (χ4n) is 3.52. The van der Waals surface area contributed by atoms with Crippen LogP contribution in [0.5, 0.6) is 5.75 Å². The SMILES string of the molecule is O=c1oc2ccccc2c2c(=O)c3ccc(OCC(=NO)c4ccc(Cl)cc4)cc3oc12. The molecule has 0 unspecified atom stereocenters. The van der Waals surface area contributed by atoms with Gasteiger partial charge in [0.2, 0.25) is 11.0 Å². The highest BCUT2D eigenvalue weighted by molar-refractivity contribution is 6.30. The van der Waals surface area contributed by atoms with E-state index in [4.69, 9.17) is 25.2 Å². The van der Waals surface area contributed by atoms with Gasteiger partial charge in [0.1, 0.15) is 29.2 Å². The molecule has 3 aromatic carbocycles. The molecule has 1 N–H and O–H groups in total. The van der Waals surface area contributed by atoms with E-state index in [2.05, 4.69) is 5.16 Å². The average Bonchev–Trinajstić information content (AvgIpc) is 2.80. The summed E-state index contributed by atoms with van der Waals surface area (Å²) in [6, 6.07) is 18.2. The summed E-state index contributed by atoms with van der Waals surface area (Å²) in [4.78, 5) is 25.6. The van der Waals surface area contributed by atoms with Crippen molar-refractivity contribution in [3.8, 4) is 5.75 Å². The second-order valence-electron chi connectivity index (χ2n) is 7.02. The molecule has 0 bridgehead atoms. The minimum atomic E-state index is -0.735. The van der Waals surface area contributed by atoms with Gasteiger partial charge in [-0.2, -0.15) is 0 Å². The fraction of sp³-hybridized carbons (Fsp3) is 0.0417. The van der Waals surface area contributed by atoms with Crippen molar-refractivity contribution in [1.29, 1.82) is 0 Å². The van der Waals surface area contributed by atoms with Crippen LogP contribution in [0.4, 0.5) is 0 Å². The van der Waals surface area contributed by atoms with Crippen LogP contribution in [0, 0.1) is 0 Å². The lowest BCUT2D eigenvalue weighted by molar-refractivity contribution is 0.308. The normalized spacial score (nSPS) is 12.0. The minimum absolute atomic E-state index is 0.0474. The molecule has 0 amide bonds. The Bertz CT molecular complexity index is 1630. The number of hydrogen-bond donors (Lipinski definition) is 1. The van der Waals surface area contributed by atoms with Crippen molar-refractivity contribution < 1.29 is 18.8 Å². The van der Waals surface area contributed by atoms with E-state index in [-0.39, 0.29) is 34.3 Å². The summed E-state index contributed by atoms with van der Waals surface area (Å²) in [7, 11) is 0. The quantitative estimate of drug-likeness (QED) is 0.104. The summed E-state index contributed by atoms with van der Waals surface area (Å²) in [5.41, 5.74) is 0.189. The summed E-state index contributed by atoms with van der Waals surface area (Å²) in [5.74, 6) is 0.361. The van der Waals surface area contributed by atoms with Crippen molar-refractivity contribution in [1.82, 2.24) is 0 Å². The Morgan fingerprint density at radius 1 is 0.938 bits per heavy atom. The van der Waals surface area contributed by atoms with E-state index in [0.717, 1.165) is 0 Å². The van der Waals surface area contributed by atoms with Gasteiger partial charge in [0.05, 0.1) is 10.8 Å². The maximum atomic E-state index is 13.1. The van der Waals surface area contributed by atoms with Crippen LogP contribution in [0.1, 0.15) is 5.56 Å². The van der Waals surface area contributed by atoms with Crippen LogP contribution in [0.15, 0.2) is 90.3 Å². The molecule has 8 heteroatoms. The molecule has 5 aromatic rings. The Morgan fingerprint density at radius 3 is 2.50 bits per heavy atom. The smallest absolute Gasteiger partial charge is 0.380 e. The second-order valence-corrected chi connectivity index (χ2v) is 7.46. The third kappa shape index (κ3) is 3.38. The maximum absolute atomic E-state index is 13.1. The first-order chi connectivity index (χ1) is 15.5. The zero-order chi connectivity index (χ0) is 22.2. The van der Waals surface area contributed by atoms with E-state index >= 15 is 0 Å². The first kappa shape index (κ1) is 19.8. The summed E-state index contributed by atoms with van der Waals surface area (Å²) >= 11 is 5.89. The van der Waals surface area contributed by atoms with Gasteiger partial charge in [-0.05, 0) is 30.3 Å². The standard InChI is InChI=1S/C24H14ClNO6/c25-14-7-5-13(6-8-14)18(26-29)12-30-15-9-10-17-20(11-15)31-23-21(22(17)27)16-3-1-2-4-19(16)32-24(23)28/h1-11,29H,12H2. The molecule has 5 rings (SSSR count). The average molecular weight is 448 g/mol. The third-order valence-corrected chi connectivity index (χ3v) is 5.33. The number of nitrogens with zero attached hydrogens (tertiary/aromatic N) is 1. The summed E-state index contributed by atoms with van der Waals surface area (Å²) < 4.78 is 16.8. The molecule has 2 aromatic heterocycles. The topological polar surface area (TPSA) is 102 Å². The van der Waals surface area contributed by atoms with Crippen molar-refractivity contribution in [3.05, 3.63) is 98.0 Å². The van der Waals surface area contributed by atoms with Gasteiger partial charge in [-0.1, -0.05) is 47.1 Å². The summed E-state index contributed by atoms with van der Waals surface area (Å²) in [6.07, 6.45) is 0. The van der Waals surface area contributed by atoms with E-state index in [1.807, 2.05) is 0 Å². The predicted octanol–water partition coefficient (Wildman–Crippen LogP) is 4.96. The van der Waals surface area contributed by atoms with Gasteiger partial charge in [-0.25, -0.2) is 4.79 Å². The van der Waals surface area contributed by atoms with E-state index in [1.165, 1.54) is 6.07 Å². The number of rotatable bonds is 4. The predicted molar refractivity (Wildman–Crippen MR) is 121 cm³/mol. The summed E-state index contributed by atoms with van der Waals surface area (Å²) in [6.45, 7) is -0.0474. The largest absolute Gasteiger partial charge is 0.487 e. The minimum Gasteiger partial charge on any atom is -0.487 e. The highest BCUT2D eigenvalue weighted by Crippen LogP contribution is 2.26. The number of halogens is 1. The Hall–Kier alpha value is -4.10. The van der Waals surface area contributed by atoms with Gasteiger partial charge in [-0.3, -0.25) is 4.79 Å². The van der Waals surface area contributed by atoms with Crippen LogP contribution < -0.4 is 15.8 Å². The molecule has 0 fully saturated rings. The van der Waals surface area contributed by atoms with E-state index in [9.17, 15) is 14.8 Å². The molecule has 0 aliphatic rings. The lowest BCUT2D eigenvalue weighted by atomic mass is 10.1. The Balaban J connectivity index is 1.55. The molecule has 158 valence electrons. The maximum Gasteiger partial charge on any atom is 0.380 e. The number of fused-ring (bicyclic) bond motifs is 4. The van der Waals surface area contributed by atoms with Gasteiger partial charge in [-0.15, -0.1) is 0 Å². The third-order valence-electron chi connectivity index (χ3n) is 5.08. The monoisotopic (exact) mass is 447 g/mol. The zero-order valence-electron chi connectivity index (χ0n) is 16.4. The number of ether oxygens (including phenoxy) is 1. The van der Waals surface area contributed by atoms with Crippen LogP contribution in [-0.2, 0) is 0 Å². The molecule has 0 atom stereocenters. The van der Waals surface area contributed by atoms with Crippen LogP contribution in [0.2, 0.25) is 5.02 Å². The van der Waals surface area contributed by atoms with Crippen LogP contribution in [0.3, 0.4) is 0 Å². The van der Waals surface area contributed by atoms with Crippen molar-refractivity contribution in [2.75, 3.05) is 6.61 Å². The molecule has 32 heavy (non-hydrogen) atoms. The Labute approximate surface area is 184 Å². The second kappa shape index (κ2) is 7.86. The number of benzene rings is 3. The zero-order valence-corrected chi connectivity index (χ0v) is 17.1. The Morgan fingerprint density at radius 2 is 1.72 bits per heavy atom. The van der Waals surface area contributed by atoms with Crippen LogP contribution in [0.25, 0.3) is 32.9 Å². The number of hydrogen-bond acceptors (Lipinski definition) is 7. The molecule has 0 saturated heterocycles.